The van der Waals surface area contributed by atoms with E-state index in [0.29, 0.717) is 0 Å². The molecule has 10 heterocycles. The van der Waals surface area contributed by atoms with E-state index in [0.717, 1.165) is 0 Å². The zero-order valence-corrected chi connectivity index (χ0v) is 58.4. The van der Waals surface area contributed by atoms with Gasteiger partial charge in [0.15, 0.2) is 62.9 Å². The Labute approximate surface area is 617 Å². The number of rotatable bonds is 20. The first-order chi connectivity index (χ1) is 51.2. The van der Waals surface area contributed by atoms with Crippen LogP contribution in [0.5, 0.6) is 0 Å². The predicted molar refractivity (Wildman–Crippen MR) is 331 cm³/mol. The molecule has 0 radical (unpaired) electrons. The molecule has 109 heavy (non-hydrogen) atoms. The summed E-state index contributed by atoms with van der Waals surface area (Å²) in [4.78, 5) is 0. The molecule has 50 atom stereocenters. The summed E-state index contributed by atoms with van der Waals surface area (Å²) < 4.78 is 92.4. The molecule has 49 heteroatoms. The summed E-state index contributed by atoms with van der Waals surface area (Å²) in [7, 11) is 0. The van der Waals surface area contributed by atoms with Gasteiger partial charge < -0.3 is 244 Å². The molecular weight excluding hydrogens is 1500 g/mol. The highest BCUT2D eigenvalue weighted by Gasteiger charge is 2.59. The number of aliphatic hydroxyl groups excluding tert-OH is 32. The van der Waals surface area contributed by atoms with Crippen molar-refractivity contribution in [1.82, 2.24) is 0 Å². The van der Waals surface area contributed by atoms with E-state index < -0.39 is 347 Å². The zero-order valence-electron chi connectivity index (χ0n) is 58.4. The molecule has 0 aromatic carbocycles. The summed E-state index contributed by atoms with van der Waals surface area (Å²) in [6.45, 7) is 0.793. The Morgan fingerprint density at radius 1 is 0.165 bits per heavy atom. The topological polar surface area (TPSA) is 804 Å². The maximum Gasteiger partial charge on any atom is 0.187 e. The van der Waals surface area contributed by atoms with Crippen molar-refractivity contribution in [1.29, 1.82) is 0 Å². The van der Waals surface area contributed by atoms with Gasteiger partial charge in [-0.25, -0.2) is 0 Å². The first kappa shape index (κ1) is 92.5. The Balaban J connectivity index is 0.000000209. The van der Waals surface area contributed by atoms with E-state index in [1.165, 1.54) is 27.7 Å². The van der Waals surface area contributed by atoms with Crippen LogP contribution in [0.15, 0.2) is 0 Å². The van der Waals surface area contributed by atoms with Crippen LogP contribution in [0.4, 0.5) is 0 Å². The van der Waals surface area contributed by atoms with Gasteiger partial charge in [0.05, 0.1) is 64.1 Å². The van der Waals surface area contributed by atoms with Crippen LogP contribution in [0.25, 0.3) is 0 Å². The van der Waals surface area contributed by atoms with Gasteiger partial charge in [0.25, 0.3) is 0 Å². The second kappa shape index (κ2) is 40.0. The van der Waals surface area contributed by atoms with Crippen molar-refractivity contribution < 1.29 is 244 Å². The Hall–Kier alpha value is -1.96. The second-order valence-electron chi connectivity index (χ2n) is 27.7. The van der Waals surface area contributed by atoms with E-state index in [1.54, 1.807) is 0 Å². The predicted octanol–water partition coefficient (Wildman–Crippen LogP) is -20.8. The summed E-state index contributed by atoms with van der Waals surface area (Å²) in [6, 6.07) is 0. The van der Waals surface area contributed by atoms with Crippen molar-refractivity contribution in [2.75, 3.05) is 39.6 Å². The average molecular weight is 1610 g/mol. The SMILES string of the molecule is C[C@@H]1O[C@@H](O[C@H]2[C@H](O[C@H]3[C@H](O)[C@@H](O)C(O)O[C@@H]3CO)O[C@H](CO)[C@H](O)[C@@H]2O)[C@@H](O)[C@H](O)[C@@H]1O.C[C@@H]1O[C@@H](O[C@H]2[C@H](O[C@H]3[C@H](O[C@@H]4O[C@@H](C)[C@@H](O)[C@@H](O)[C@@H]4O)[C@@H](O)C(O)O[C@@H]3CO)O[C@H](CO)[C@H](O)[C@@H]2O)[C@@H](O)[C@H](O)[C@@H]1O.C[C@@H]1O[C@H](O[C@H]2[C@@H](O)[C@@H](CO)O[C@@H](O[C@H]3[C@H](O)[C@@H](O)C(O)O[C@@H]3CO)[C@@H]2O)[C@@H](O)[C@H](O)[C@@H]1O. The van der Waals surface area contributed by atoms with E-state index in [2.05, 4.69) is 0 Å². The fraction of sp³-hybridized carbons (Fsp3) is 1.00. The molecule has 0 saturated carbocycles. The summed E-state index contributed by atoms with van der Waals surface area (Å²) >= 11 is 0. The number of hydrogen-bond donors (Lipinski definition) is 32. The maximum atomic E-state index is 10.9. The van der Waals surface area contributed by atoms with Crippen LogP contribution in [0.3, 0.4) is 0 Å². The van der Waals surface area contributed by atoms with Gasteiger partial charge in [-0.1, -0.05) is 0 Å². The third-order valence-corrected chi connectivity index (χ3v) is 20.2. The minimum absolute atomic E-state index is 0.749. The molecule has 10 aliphatic heterocycles. The van der Waals surface area contributed by atoms with Gasteiger partial charge in [0.2, 0.25) is 0 Å². The molecular formula is C60H106O49. The molecule has 0 spiro atoms. The van der Waals surface area contributed by atoms with Gasteiger partial charge in [0.1, 0.15) is 220 Å². The average Bonchev–Trinajstić information content (AvgIpc) is 0.778. The van der Waals surface area contributed by atoms with Gasteiger partial charge in [-0.05, 0) is 27.7 Å². The van der Waals surface area contributed by atoms with Crippen molar-refractivity contribution in [2.24, 2.45) is 0 Å². The molecule has 3 unspecified atom stereocenters. The Morgan fingerprint density at radius 2 is 0.394 bits per heavy atom. The van der Waals surface area contributed by atoms with E-state index in [9.17, 15) is 163 Å². The van der Waals surface area contributed by atoms with Gasteiger partial charge in [-0.2, -0.15) is 0 Å². The Morgan fingerprint density at radius 3 is 0.716 bits per heavy atom. The summed E-state index contributed by atoms with van der Waals surface area (Å²) in [6.07, 6.45) is -81.2. The van der Waals surface area contributed by atoms with Crippen molar-refractivity contribution in [2.45, 2.75) is 335 Å². The first-order valence-electron chi connectivity index (χ1n) is 34.7. The molecule has 10 aliphatic rings. The van der Waals surface area contributed by atoms with Crippen LogP contribution in [0.2, 0.25) is 0 Å². The van der Waals surface area contributed by atoms with Crippen molar-refractivity contribution in [3.63, 3.8) is 0 Å². The van der Waals surface area contributed by atoms with Crippen LogP contribution in [-0.2, 0) is 80.5 Å². The number of aliphatic hydroxyl groups is 32. The lowest BCUT2D eigenvalue weighted by molar-refractivity contribution is -0.398. The highest BCUT2D eigenvalue weighted by molar-refractivity contribution is 5.02. The summed E-state index contributed by atoms with van der Waals surface area (Å²) in [5, 5.41) is 323. The fourth-order valence-electron chi connectivity index (χ4n) is 13.4. The molecule has 0 aromatic rings. The van der Waals surface area contributed by atoms with Gasteiger partial charge >= 0.3 is 0 Å². The molecule has 0 aromatic heterocycles. The monoisotopic (exact) mass is 1610 g/mol. The second-order valence-corrected chi connectivity index (χ2v) is 27.7. The maximum absolute atomic E-state index is 10.9. The molecule has 10 rings (SSSR count). The molecule has 0 bridgehead atoms. The fourth-order valence-corrected chi connectivity index (χ4v) is 13.4. The highest BCUT2D eigenvalue weighted by Crippen LogP contribution is 2.39. The summed E-state index contributed by atoms with van der Waals surface area (Å²) in [5.41, 5.74) is 0. The molecule has 0 amide bonds. The Bertz CT molecular complexity index is 2680. The minimum atomic E-state index is -1.97. The molecule has 10 fully saturated rings. The molecule has 49 nitrogen and oxygen atoms in total. The third kappa shape index (κ3) is 20.3. The molecule has 0 aliphatic carbocycles. The lowest BCUT2D eigenvalue weighted by atomic mass is 9.95. The molecule has 10 saturated heterocycles. The lowest BCUT2D eigenvalue weighted by Crippen LogP contribution is -2.67. The van der Waals surface area contributed by atoms with Crippen LogP contribution in [0.1, 0.15) is 27.7 Å². The van der Waals surface area contributed by atoms with E-state index in [1.807, 2.05) is 0 Å². The highest BCUT2D eigenvalue weighted by atomic mass is 16.8. The van der Waals surface area contributed by atoms with E-state index in [-0.39, 0.29) is 0 Å². The third-order valence-electron chi connectivity index (χ3n) is 20.2. The van der Waals surface area contributed by atoms with Crippen LogP contribution >= 0.6 is 0 Å². The Kier molecular flexibility index (Phi) is 34.0. The first-order valence-corrected chi connectivity index (χ1v) is 34.7. The molecule has 640 valence electrons. The van der Waals surface area contributed by atoms with E-state index >= 15 is 0 Å². The standard InChI is InChI=1S/C24H42O19.2C18H32O15/c1-5-9(27)12(30)15(33)22(37-5)42-19-17(35)21(36)39-8(4-26)18(19)41-24-20(14(32)11(29)7(3-25)40-24)43-23-16(34)13(31)10(28)6(2)38-23;1-4-7(21)9(23)12(26)17(29-4)33-15-8(22)5(2-19)31-18(13(15)27)32-14-6(3-20)30-16(28)11(25)10(14)24;1-4-7(21)9(23)13(27)17(29-4)33-15-10(24)8(22)5(2-19)31-18(15)32-14-6(3-20)30-16(28)12(26)11(14)25/h5-36H,3-4H2,1-2H3;2*4-28H,2-3H2,1H3/t5-,6-,7+,8+,9+,10+,11-,12+,13+,14-,15-,16-,17+,18+,19+,20+,21?,22-,23-,24-;4-,5+,6+,7+,8-,9+,10+,11+,12-,13+,14+,15-,16?,17+,18-;4-,5+,6+,7+,8-,9+,10-,11+,12+,13-,14+,15+,16?,17-,18-/m000/s1. The zero-order chi connectivity index (χ0) is 81.1. The normalized spacial score (nSPS) is 54.2. The van der Waals surface area contributed by atoms with Crippen LogP contribution < -0.4 is 0 Å². The quantitative estimate of drug-likeness (QED) is 0.0538. The number of ether oxygens (including phenoxy) is 17. The van der Waals surface area contributed by atoms with Crippen LogP contribution in [-0.4, -0.2) is 510 Å². The smallest absolute Gasteiger partial charge is 0.187 e. The van der Waals surface area contributed by atoms with Gasteiger partial charge in [0, 0.05) is 0 Å². The van der Waals surface area contributed by atoms with Crippen LogP contribution in [0, 0.1) is 0 Å². The molecule has 32 N–H and O–H groups in total. The van der Waals surface area contributed by atoms with Crippen molar-refractivity contribution >= 4 is 0 Å². The summed E-state index contributed by atoms with van der Waals surface area (Å²) in [5.74, 6) is 0. The lowest BCUT2D eigenvalue weighted by Gasteiger charge is -2.49. The van der Waals surface area contributed by atoms with Crippen molar-refractivity contribution in [3.8, 4) is 0 Å². The van der Waals surface area contributed by atoms with Gasteiger partial charge in [-0.15, -0.1) is 0 Å². The van der Waals surface area contributed by atoms with Gasteiger partial charge in [-0.3, -0.25) is 0 Å². The number of hydrogen-bond acceptors (Lipinski definition) is 49. The van der Waals surface area contributed by atoms with E-state index in [4.69, 9.17) is 80.5 Å². The largest absolute Gasteiger partial charge is 0.394 e. The van der Waals surface area contributed by atoms with Crippen molar-refractivity contribution in [3.05, 3.63) is 0 Å². The minimum Gasteiger partial charge on any atom is -0.394 e.